The van der Waals surface area contributed by atoms with Crippen molar-refractivity contribution < 1.29 is 24.5 Å². The minimum atomic E-state index is -0.560. The lowest BCUT2D eigenvalue weighted by atomic mass is 9.87. The molecule has 5 heteroatoms. The number of aliphatic hydroxyl groups excluding tert-OH is 2. The Bertz CT molecular complexity index is 333. The van der Waals surface area contributed by atoms with Crippen molar-refractivity contribution in [3.05, 3.63) is 0 Å². The largest absolute Gasteiger partial charge is 0.436 e. The van der Waals surface area contributed by atoms with Gasteiger partial charge in [-0.2, -0.15) is 0 Å². The van der Waals surface area contributed by atoms with E-state index in [9.17, 15) is 15.0 Å². The molecule has 2 aliphatic rings. The maximum Gasteiger partial charge on any atom is 0.311 e. The number of carbonyl (C=O) groups is 1. The average Bonchev–Trinajstić information content (AvgIpc) is 2.45. The van der Waals surface area contributed by atoms with E-state index in [4.69, 9.17) is 9.47 Å². The summed E-state index contributed by atoms with van der Waals surface area (Å²) in [6, 6.07) is 0. The molecule has 0 aromatic rings. The van der Waals surface area contributed by atoms with Gasteiger partial charge in [-0.05, 0) is 51.4 Å². The van der Waals surface area contributed by atoms with E-state index in [1.54, 1.807) is 6.92 Å². The van der Waals surface area contributed by atoms with Crippen LogP contribution in [0.4, 0.5) is 0 Å². The van der Waals surface area contributed by atoms with Crippen LogP contribution in [-0.2, 0) is 14.3 Å². The standard InChI is InChI=1S/C16H28O5/c1-11(20-10-12-4-2-6-14(17)8-12)21-16(19)13-5-3-7-15(18)9-13/h11-15,17-18H,2-10H2,1H3/t11?,12?,13?,14?,15-/m1/s1. The summed E-state index contributed by atoms with van der Waals surface area (Å²) in [7, 11) is 0. The molecule has 2 aliphatic carbocycles. The molecule has 0 spiro atoms. The van der Waals surface area contributed by atoms with Crippen LogP contribution < -0.4 is 0 Å². The van der Waals surface area contributed by atoms with Crippen LogP contribution in [0.15, 0.2) is 0 Å². The van der Waals surface area contributed by atoms with Crippen molar-refractivity contribution in [2.75, 3.05) is 6.61 Å². The number of aliphatic hydroxyl groups is 2. The van der Waals surface area contributed by atoms with Gasteiger partial charge in [0.15, 0.2) is 6.29 Å². The molecule has 0 saturated heterocycles. The summed E-state index contributed by atoms with van der Waals surface area (Å²) in [5.41, 5.74) is 0. The Labute approximate surface area is 126 Å². The number of rotatable bonds is 5. The second-order valence-electron chi connectivity index (χ2n) is 6.54. The number of esters is 1. The van der Waals surface area contributed by atoms with Crippen molar-refractivity contribution in [3.8, 4) is 0 Å². The number of carbonyl (C=O) groups excluding carboxylic acids is 1. The molecule has 2 saturated carbocycles. The highest BCUT2D eigenvalue weighted by Crippen LogP contribution is 2.27. The van der Waals surface area contributed by atoms with Gasteiger partial charge in [0.1, 0.15) is 0 Å². The Kier molecular flexibility index (Phi) is 6.45. The summed E-state index contributed by atoms with van der Waals surface area (Å²) in [5, 5.41) is 19.2. The van der Waals surface area contributed by atoms with E-state index in [2.05, 4.69) is 0 Å². The molecule has 0 radical (unpaired) electrons. The van der Waals surface area contributed by atoms with Gasteiger partial charge < -0.3 is 19.7 Å². The van der Waals surface area contributed by atoms with Crippen LogP contribution in [0.1, 0.15) is 58.3 Å². The van der Waals surface area contributed by atoms with Crippen LogP contribution in [-0.4, -0.2) is 41.3 Å². The molecule has 0 amide bonds. The summed E-state index contributed by atoms with van der Waals surface area (Å²) in [6.07, 6.45) is 5.53. The zero-order chi connectivity index (χ0) is 15.2. The highest BCUT2D eigenvalue weighted by Gasteiger charge is 2.29. The van der Waals surface area contributed by atoms with Crippen LogP contribution in [0.2, 0.25) is 0 Å². The van der Waals surface area contributed by atoms with Gasteiger partial charge in [0.05, 0.1) is 24.7 Å². The summed E-state index contributed by atoms with van der Waals surface area (Å²) >= 11 is 0. The maximum atomic E-state index is 12.0. The van der Waals surface area contributed by atoms with E-state index < -0.39 is 6.29 Å². The van der Waals surface area contributed by atoms with Gasteiger partial charge in [0.2, 0.25) is 0 Å². The fourth-order valence-electron chi connectivity index (χ4n) is 3.36. The second kappa shape index (κ2) is 8.11. The third-order valence-electron chi connectivity index (χ3n) is 4.58. The Morgan fingerprint density at radius 2 is 1.76 bits per heavy atom. The zero-order valence-electron chi connectivity index (χ0n) is 12.9. The summed E-state index contributed by atoms with van der Waals surface area (Å²) < 4.78 is 10.9. The Morgan fingerprint density at radius 3 is 2.43 bits per heavy atom. The van der Waals surface area contributed by atoms with Crippen molar-refractivity contribution in [2.24, 2.45) is 11.8 Å². The Morgan fingerprint density at radius 1 is 1.10 bits per heavy atom. The van der Waals surface area contributed by atoms with E-state index in [0.29, 0.717) is 18.9 Å². The molecule has 4 unspecified atom stereocenters. The first-order valence-electron chi connectivity index (χ1n) is 8.22. The molecule has 2 N–H and O–H groups in total. The molecule has 122 valence electrons. The lowest BCUT2D eigenvalue weighted by Crippen LogP contribution is -2.31. The summed E-state index contributed by atoms with van der Waals surface area (Å²) in [4.78, 5) is 12.0. The highest BCUT2D eigenvalue weighted by atomic mass is 16.7. The second-order valence-corrected chi connectivity index (χ2v) is 6.54. The highest BCUT2D eigenvalue weighted by molar-refractivity contribution is 5.72. The first kappa shape index (κ1) is 16.7. The normalized spacial score (nSPS) is 35.2. The Hall–Kier alpha value is -0.650. The van der Waals surface area contributed by atoms with E-state index in [0.717, 1.165) is 44.9 Å². The van der Waals surface area contributed by atoms with E-state index in [1.807, 2.05) is 0 Å². The van der Waals surface area contributed by atoms with Crippen molar-refractivity contribution in [1.29, 1.82) is 0 Å². The van der Waals surface area contributed by atoms with Crippen LogP contribution in [0.3, 0.4) is 0 Å². The van der Waals surface area contributed by atoms with Gasteiger partial charge in [-0.25, -0.2) is 0 Å². The fraction of sp³-hybridized carbons (Fsp3) is 0.938. The molecular weight excluding hydrogens is 272 g/mol. The maximum absolute atomic E-state index is 12.0. The molecule has 0 aromatic carbocycles. The molecule has 2 fully saturated rings. The molecule has 21 heavy (non-hydrogen) atoms. The quantitative estimate of drug-likeness (QED) is 0.600. The van der Waals surface area contributed by atoms with Gasteiger partial charge in [-0.1, -0.05) is 12.8 Å². The summed E-state index contributed by atoms with van der Waals surface area (Å²) in [6.45, 7) is 2.26. The topological polar surface area (TPSA) is 76.0 Å². The SMILES string of the molecule is CC(OCC1CCCC(O)C1)OC(=O)C1CCC[C@@H](O)C1. The van der Waals surface area contributed by atoms with Gasteiger partial charge in [0, 0.05) is 0 Å². The minimum Gasteiger partial charge on any atom is -0.436 e. The smallest absolute Gasteiger partial charge is 0.311 e. The summed E-state index contributed by atoms with van der Waals surface area (Å²) in [5.74, 6) is -0.104. The molecule has 0 aromatic heterocycles. The number of hydrogen-bond acceptors (Lipinski definition) is 5. The van der Waals surface area contributed by atoms with Crippen LogP contribution in [0, 0.1) is 11.8 Å². The van der Waals surface area contributed by atoms with Crippen LogP contribution in [0.5, 0.6) is 0 Å². The fourth-order valence-corrected chi connectivity index (χ4v) is 3.36. The lowest BCUT2D eigenvalue weighted by Gasteiger charge is -2.28. The molecule has 0 bridgehead atoms. The minimum absolute atomic E-state index is 0.198. The molecule has 0 heterocycles. The molecule has 0 aliphatic heterocycles. The molecular formula is C16H28O5. The van der Waals surface area contributed by atoms with Crippen molar-refractivity contribution in [2.45, 2.75) is 76.8 Å². The van der Waals surface area contributed by atoms with Gasteiger partial charge in [-0.15, -0.1) is 0 Å². The third kappa shape index (κ3) is 5.57. The van der Waals surface area contributed by atoms with Crippen LogP contribution >= 0.6 is 0 Å². The van der Waals surface area contributed by atoms with Crippen molar-refractivity contribution >= 4 is 5.97 Å². The first-order chi connectivity index (χ1) is 10.0. The lowest BCUT2D eigenvalue weighted by molar-refractivity contribution is -0.184. The predicted molar refractivity (Wildman–Crippen MR) is 77.4 cm³/mol. The molecule has 2 rings (SSSR count). The number of hydrogen-bond donors (Lipinski definition) is 2. The van der Waals surface area contributed by atoms with E-state index >= 15 is 0 Å². The first-order valence-corrected chi connectivity index (χ1v) is 8.22. The van der Waals surface area contributed by atoms with Gasteiger partial charge in [0.25, 0.3) is 0 Å². The Balaban J connectivity index is 1.66. The number of ether oxygens (including phenoxy) is 2. The third-order valence-corrected chi connectivity index (χ3v) is 4.58. The van der Waals surface area contributed by atoms with Crippen molar-refractivity contribution in [1.82, 2.24) is 0 Å². The van der Waals surface area contributed by atoms with Gasteiger partial charge >= 0.3 is 5.97 Å². The monoisotopic (exact) mass is 300 g/mol. The molecule has 5 atom stereocenters. The van der Waals surface area contributed by atoms with Crippen molar-refractivity contribution in [3.63, 3.8) is 0 Å². The van der Waals surface area contributed by atoms with E-state index in [1.165, 1.54) is 0 Å². The van der Waals surface area contributed by atoms with E-state index in [-0.39, 0.29) is 24.1 Å². The van der Waals surface area contributed by atoms with Crippen LogP contribution in [0.25, 0.3) is 0 Å². The average molecular weight is 300 g/mol. The molecule has 5 nitrogen and oxygen atoms in total. The predicted octanol–water partition coefficient (Wildman–Crippen LogP) is 1.99. The zero-order valence-corrected chi connectivity index (χ0v) is 12.9. The van der Waals surface area contributed by atoms with Gasteiger partial charge in [-0.3, -0.25) is 4.79 Å².